The van der Waals surface area contributed by atoms with Crippen molar-refractivity contribution in [3.63, 3.8) is 0 Å². The van der Waals surface area contributed by atoms with E-state index >= 15 is 0 Å². The summed E-state index contributed by atoms with van der Waals surface area (Å²) in [7, 11) is 0. The van der Waals surface area contributed by atoms with Crippen molar-refractivity contribution in [1.29, 1.82) is 0 Å². The maximum atomic E-state index is 11.7. The minimum Gasteiger partial charge on any atom is -0.508 e. The van der Waals surface area contributed by atoms with Gasteiger partial charge in [0.05, 0.1) is 0 Å². The van der Waals surface area contributed by atoms with E-state index in [2.05, 4.69) is 0 Å². The third-order valence-electron chi connectivity index (χ3n) is 2.26. The summed E-state index contributed by atoms with van der Waals surface area (Å²) in [5.74, 6) is -0.151. The number of aromatic hydroxyl groups is 2. The van der Waals surface area contributed by atoms with Crippen molar-refractivity contribution in [2.75, 3.05) is 0 Å². The van der Waals surface area contributed by atoms with Crippen LogP contribution in [0.2, 0.25) is 0 Å². The average molecular weight is 217 g/mol. The van der Waals surface area contributed by atoms with Gasteiger partial charge in [-0.3, -0.25) is 9.36 Å². The summed E-state index contributed by atoms with van der Waals surface area (Å²) in [6, 6.07) is 7.60. The fraction of sp³-hybridized carbons (Fsp3) is 0.0833. The van der Waals surface area contributed by atoms with Crippen molar-refractivity contribution in [1.82, 2.24) is 4.57 Å². The second-order valence-corrected chi connectivity index (χ2v) is 3.59. The Balaban J connectivity index is 2.64. The molecule has 0 saturated heterocycles. The van der Waals surface area contributed by atoms with Crippen LogP contribution in [-0.2, 0) is 0 Å². The van der Waals surface area contributed by atoms with Crippen LogP contribution in [0.4, 0.5) is 0 Å². The first-order valence-electron chi connectivity index (χ1n) is 4.79. The van der Waals surface area contributed by atoms with Crippen LogP contribution in [0.5, 0.6) is 11.5 Å². The van der Waals surface area contributed by atoms with Gasteiger partial charge in [-0.15, -0.1) is 0 Å². The number of hydrogen-bond acceptors (Lipinski definition) is 3. The number of pyridine rings is 1. The van der Waals surface area contributed by atoms with Gasteiger partial charge in [-0.1, -0.05) is 0 Å². The fourth-order valence-corrected chi connectivity index (χ4v) is 1.51. The molecule has 4 nitrogen and oxygen atoms in total. The normalized spacial score (nSPS) is 10.3. The van der Waals surface area contributed by atoms with Gasteiger partial charge in [0.2, 0.25) is 0 Å². The molecule has 0 unspecified atom stereocenters. The predicted molar refractivity (Wildman–Crippen MR) is 60.1 cm³/mol. The molecule has 4 heteroatoms. The first kappa shape index (κ1) is 10.3. The molecule has 0 aliphatic rings. The number of aryl methyl sites for hydroxylation is 1. The molecule has 1 aromatic carbocycles. The molecule has 2 N–H and O–H groups in total. The first-order valence-corrected chi connectivity index (χ1v) is 4.79. The summed E-state index contributed by atoms with van der Waals surface area (Å²) in [4.78, 5) is 11.7. The summed E-state index contributed by atoms with van der Waals surface area (Å²) < 4.78 is 1.34. The van der Waals surface area contributed by atoms with Gasteiger partial charge in [0.1, 0.15) is 5.75 Å². The summed E-state index contributed by atoms with van der Waals surface area (Å²) in [6.07, 6.45) is 1.63. The number of nitrogens with zero attached hydrogens (tertiary/aromatic N) is 1. The number of phenolic OH excluding ortho intramolecular Hbond substituents is 1. The molecule has 0 saturated carbocycles. The molecule has 2 aromatic rings. The van der Waals surface area contributed by atoms with E-state index in [0.717, 1.165) is 5.56 Å². The molecule has 0 radical (unpaired) electrons. The topological polar surface area (TPSA) is 62.5 Å². The molecule has 0 atom stereocenters. The minimum absolute atomic E-state index is 0.133. The first-order chi connectivity index (χ1) is 7.58. The van der Waals surface area contributed by atoms with Gasteiger partial charge in [0, 0.05) is 11.9 Å². The van der Waals surface area contributed by atoms with E-state index < -0.39 is 5.56 Å². The molecule has 2 rings (SSSR count). The van der Waals surface area contributed by atoms with Crippen LogP contribution in [0.3, 0.4) is 0 Å². The molecule has 0 aliphatic carbocycles. The van der Waals surface area contributed by atoms with E-state index in [1.165, 1.54) is 22.8 Å². The molecule has 16 heavy (non-hydrogen) atoms. The van der Waals surface area contributed by atoms with Crippen LogP contribution in [0.1, 0.15) is 5.56 Å². The zero-order valence-electron chi connectivity index (χ0n) is 8.71. The maximum Gasteiger partial charge on any atom is 0.297 e. The molecule has 1 aromatic heterocycles. The third-order valence-corrected chi connectivity index (χ3v) is 2.26. The van der Waals surface area contributed by atoms with E-state index in [1.54, 1.807) is 25.3 Å². The van der Waals surface area contributed by atoms with Crippen molar-refractivity contribution < 1.29 is 10.2 Å². The van der Waals surface area contributed by atoms with Crippen molar-refractivity contribution in [3.8, 4) is 17.2 Å². The van der Waals surface area contributed by atoms with E-state index in [-0.39, 0.29) is 11.5 Å². The summed E-state index contributed by atoms with van der Waals surface area (Å²) in [6.45, 7) is 1.79. The highest BCUT2D eigenvalue weighted by atomic mass is 16.3. The number of aromatic nitrogens is 1. The monoisotopic (exact) mass is 217 g/mol. The van der Waals surface area contributed by atoms with Gasteiger partial charge in [-0.2, -0.15) is 0 Å². The average Bonchev–Trinajstić information content (AvgIpc) is 2.25. The molecule has 0 amide bonds. The van der Waals surface area contributed by atoms with E-state index in [0.29, 0.717) is 5.69 Å². The second-order valence-electron chi connectivity index (χ2n) is 3.59. The van der Waals surface area contributed by atoms with Crippen LogP contribution >= 0.6 is 0 Å². The number of rotatable bonds is 1. The van der Waals surface area contributed by atoms with E-state index in [4.69, 9.17) is 5.11 Å². The second kappa shape index (κ2) is 3.73. The summed E-state index contributed by atoms with van der Waals surface area (Å²) >= 11 is 0. The number of hydrogen-bond donors (Lipinski definition) is 2. The van der Waals surface area contributed by atoms with Crippen LogP contribution in [-0.4, -0.2) is 14.8 Å². The Morgan fingerprint density at radius 3 is 2.38 bits per heavy atom. The molecular weight excluding hydrogens is 206 g/mol. The van der Waals surface area contributed by atoms with E-state index in [9.17, 15) is 9.90 Å². The molecular formula is C12H11NO3. The lowest BCUT2D eigenvalue weighted by Gasteiger charge is -2.07. The van der Waals surface area contributed by atoms with Crippen LogP contribution in [0, 0.1) is 6.92 Å². The van der Waals surface area contributed by atoms with E-state index in [1.807, 2.05) is 0 Å². The molecule has 0 aliphatic heterocycles. The molecule has 0 spiro atoms. The van der Waals surface area contributed by atoms with Gasteiger partial charge < -0.3 is 10.2 Å². The zero-order valence-corrected chi connectivity index (χ0v) is 8.71. The standard InChI is InChI=1S/C12H11NO3/c1-8-6-11(15)12(16)13(7-8)9-2-4-10(14)5-3-9/h2-7,14-15H,1H3. The van der Waals surface area contributed by atoms with Crippen molar-refractivity contribution in [2.45, 2.75) is 6.92 Å². The minimum atomic E-state index is -0.476. The third kappa shape index (κ3) is 1.77. The SMILES string of the molecule is Cc1cc(O)c(=O)n(-c2ccc(O)cc2)c1. The predicted octanol–water partition coefficient (Wildman–Crippen LogP) is 1.56. The molecule has 1 heterocycles. The quantitative estimate of drug-likeness (QED) is 0.761. The molecule has 0 bridgehead atoms. The maximum absolute atomic E-state index is 11.7. The lowest BCUT2D eigenvalue weighted by molar-refractivity contribution is 0.463. The zero-order chi connectivity index (χ0) is 11.7. The Morgan fingerprint density at radius 1 is 1.12 bits per heavy atom. The van der Waals surface area contributed by atoms with Gasteiger partial charge in [-0.05, 0) is 42.8 Å². The van der Waals surface area contributed by atoms with Crippen LogP contribution < -0.4 is 5.56 Å². The van der Waals surface area contributed by atoms with Gasteiger partial charge in [0.15, 0.2) is 5.75 Å². The number of phenols is 1. The Bertz CT molecular complexity index is 570. The Morgan fingerprint density at radius 2 is 1.75 bits per heavy atom. The van der Waals surface area contributed by atoms with Crippen LogP contribution in [0.15, 0.2) is 41.3 Å². The Labute approximate surface area is 92.0 Å². The Kier molecular flexibility index (Phi) is 2.40. The van der Waals surface area contributed by atoms with Crippen molar-refractivity contribution in [2.24, 2.45) is 0 Å². The van der Waals surface area contributed by atoms with Crippen molar-refractivity contribution >= 4 is 0 Å². The highest BCUT2D eigenvalue weighted by Gasteiger charge is 2.05. The smallest absolute Gasteiger partial charge is 0.297 e. The molecule has 82 valence electrons. The highest BCUT2D eigenvalue weighted by Crippen LogP contribution is 2.14. The summed E-state index contributed by atoms with van der Waals surface area (Å²) in [5, 5.41) is 18.6. The largest absolute Gasteiger partial charge is 0.508 e. The Hall–Kier alpha value is -2.23. The van der Waals surface area contributed by atoms with Crippen molar-refractivity contribution in [3.05, 3.63) is 52.4 Å². The fourth-order valence-electron chi connectivity index (χ4n) is 1.51. The lowest BCUT2D eigenvalue weighted by atomic mass is 10.2. The van der Waals surface area contributed by atoms with Gasteiger partial charge in [0.25, 0.3) is 5.56 Å². The van der Waals surface area contributed by atoms with Gasteiger partial charge in [-0.25, -0.2) is 0 Å². The summed E-state index contributed by atoms with van der Waals surface area (Å²) in [5.41, 5.74) is 0.906. The number of benzene rings is 1. The van der Waals surface area contributed by atoms with Gasteiger partial charge >= 0.3 is 0 Å². The lowest BCUT2D eigenvalue weighted by Crippen LogP contribution is -2.17. The molecule has 0 fully saturated rings. The highest BCUT2D eigenvalue weighted by molar-refractivity contribution is 5.39. The van der Waals surface area contributed by atoms with Crippen LogP contribution in [0.25, 0.3) is 5.69 Å².